The average molecular weight is 330 g/mol. The van der Waals surface area contributed by atoms with E-state index in [4.69, 9.17) is 0 Å². The number of likely N-dealkylation sites (tertiary alicyclic amines) is 1. The van der Waals surface area contributed by atoms with E-state index in [1.165, 1.54) is 12.1 Å². The average Bonchev–Trinajstić information content (AvgIpc) is 2.90. The highest BCUT2D eigenvalue weighted by Crippen LogP contribution is 2.17. The van der Waals surface area contributed by atoms with Crippen molar-refractivity contribution in [3.05, 3.63) is 71.3 Å². The Labute approximate surface area is 138 Å². The summed E-state index contributed by atoms with van der Waals surface area (Å²) in [6, 6.07) is 12.5. The standard InChI is InChI=1S/C18H16F2N2O2/c19-15-8-4-7-14(17(15)20)18(24)21-13-9-16(23)22(11-13)10-12-5-2-1-3-6-12/h1-8,13H,9-11H2,(H,21,24). The summed E-state index contributed by atoms with van der Waals surface area (Å²) in [6.45, 7) is 0.802. The Morgan fingerprint density at radius 2 is 1.88 bits per heavy atom. The summed E-state index contributed by atoms with van der Waals surface area (Å²) in [5.41, 5.74) is 0.637. The van der Waals surface area contributed by atoms with Crippen molar-refractivity contribution in [1.29, 1.82) is 0 Å². The number of hydrogen-bond donors (Lipinski definition) is 1. The molecule has 1 saturated heterocycles. The van der Waals surface area contributed by atoms with Gasteiger partial charge in [-0.05, 0) is 17.7 Å². The van der Waals surface area contributed by atoms with Gasteiger partial charge in [0.25, 0.3) is 5.91 Å². The first-order valence-corrected chi connectivity index (χ1v) is 7.61. The van der Waals surface area contributed by atoms with Crippen molar-refractivity contribution < 1.29 is 18.4 Å². The van der Waals surface area contributed by atoms with Crippen LogP contribution in [0.1, 0.15) is 22.3 Å². The lowest BCUT2D eigenvalue weighted by Crippen LogP contribution is -2.37. The van der Waals surface area contributed by atoms with Crippen LogP contribution in [-0.2, 0) is 11.3 Å². The second kappa shape index (κ2) is 6.78. The highest BCUT2D eigenvalue weighted by atomic mass is 19.2. The van der Waals surface area contributed by atoms with Crippen LogP contribution in [0, 0.1) is 11.6 Å². The smallest absolute Gasteiger partial charge is 0.254 e. The molecule has 2 amide bonds. The van der Waals surface area contributed by atoms with Gasteiger partial charge in [0.1, 0.15) is 0 Å². The molecule has 2 aromatic rings. The van der Waals surface area contributed by atoms with Crippen LogP contribution in [0.3, 0.4) is 0 Å². The maximum atomic E-state index is 13.7. The van der Waals surface area contributed by atoms with E-state index >= 15 is 0 Å². The molecule has 3 rings (SSSR count). The first-order valence-electron chi connectivity index (χ1n) is 7.61. The summed E-state index contributed by atoms with van der Waals surface area (Å²) in [6.07, 6.45) is 0.148. The number of hydrogen-bond acceptors (Lipinski definition) is 2. The molecule has 1 N–H and O–H groups in total. The summed E-state index contributed by atoms with van der Waals surface area (Å²) >= 11 is 0. The van der Waals surface area contributed by atoms with Gasteiger partial charge >= 0.3 is 0 Å². The zero-order valence-electron chi connectivity index (χ0n) is 12.8. The molecular formula is C18H16F2N2O2. The van der Waals surface area contributed by atoms with Gasteiger partial charge in [-0.3, -0.25) is 9.59 Å². The van der Waals surface area contributed by atoms with E-state index in [-0.39, 0.29) is 17.9 Å². The Kier molecular flexibility index (Phi) is 4.55. The minimum Gasteiger partial charge on any atom is -0.347 e. The zero-order chi connectivity index (χ0) is 17.1. The van der Waals surface area contributed by atoms with Crippen LogP contribution < -0.4 is 5.32 Å². The molecule has 24 heavy (non-hydrogen) atoms. The summed E-state index contributed by atoms with van der Waals surface area (Å²) in [7, 11) is 0. The second-order valence-electron chi connectivity index (χ2n) is 5.74. The Hall–Kier alpha value is -2.76. The minimum atomic E-state index is -1.18. The van der Waals surface area contributed by atoms with E-state index in [1.54, 1.807) is 4.90 Å². The van der Waals surface area contributed by atoms with Gasteiger partial charge < -0.3 is 10.2 Å². The number of carbonyl (C=O) groups excluding carboxylic acids is 2. The van der Waals surface area contributed by atoms with E-state index in [2.05, 4.69) is 5.32 Å². The number of carbonyl (C=O) groups is 2. The van der Waals surface area contributed by atoms with Gasteiger partial charge in [-0.2, -0.15) is 0 Å². The molecule has 1 unspecified atom stereocenters. The second-order valence-corrected chi connectivity index (χ2v) is 5.74. The first-order chi connectivity index (χ1) is 11.5. The third-order valence-electron chi connectivity index (χ3n) is 3.96. The number of rotatable bonds is 4. The van der Waals surface area contributed by atoms with E-state index in [0.29, 0.717) is 13.1 Å². The lowest BCUT2D eigenvalue weighted by Gasteiger charge is -2.17. The van der Waals surface area contributed by atoms with Crippen LogP contribution >= 0.6 is 0 Å². The van der Waals surface area contributed by atoms with Crippen LogP contribution in [0.25, 0.3) is 0 Å². The normalized spacial score (nSPS) is 17.2. The predicted octanol–water partition coefficient (Wildman–Crippen LogP) is 2.50. The molecule has 2 aromatic carbocycles. The lowest BCUT2D eigenvalue weighted by atomic mass is 10.1. The molecule has 0 aromatic heterocycles. The Morgan fingerprint density at radius 3 is 2.62 bits per heavy atom. The number of nitrogens with zero attached hydrogens (tertiary/aromatic N) is 1. The fraction of sp³-hybridized carbons (Fsp3) is 0.222. The quantitative estimate of drug-likeness (QED) is 0.936. The topological polar surface area (TPSA) is 49.4 Å². The summed E-state index contributed by atoms with van der Waals surface area (Å²) < 4.78 is 26.9. The van der Waals surface area contributed by atoms with E-state index < -0.39 is 23.6 Å². The summed E-state index contributed by atoms with van der Waals surface area (Å²) in [4.78, 5) is 25.8. The van der Waals surface area contributed by atoms with Crippen molar-refractivity contribution >= 4 is 11.8 Å². The van der Waals surface area contributed by atoms with Crippen LogP contribution in [0.5, 0.6) is 0 Å². The third kappa shape index (κ3) is 3.42. The van der Waals surface area contributed by atoms with Gasteiger partial charge in [0.15, 0.2) is 11.6 Å². The van der Waals surface area contributed by atoms with Gasteiger partial charge in [-0.1, -0.05) is 36.4 Å². The van der Waals surface area contributed by atoms with Crippen molar-refractivity contribution in [3.63, 3.8) is 0 Å². The van der Waals surface area contributed by atoms with E-state index in [9.17, 15) is 18.4 Å². The molecule has 0 aliphatic carbocycles. The minimum absolute atomic E-state index is 0.0798. The highest BCUT2D eigenvalue weighted by molar-refractivity contribution is 5.95. The number of benzene rings is 2. The van der Waals surface area contributed by atoms with Crippen molar-refractivity contribution in [2.45, 2.75) is 19.0 Å². The zero-order valence-corrected chi connectivity index (χ0v) is 12.8. The molecule has 4 nitrogen and oxygen atoms in total. The van der Waals surface area contributed by atoms with Crippen LogP contribution in [0.4, 0.5) is 8.78 Å². The van der Waals surface area contributed by atoms with Crippen LogP contribution in [0.15, 0.2) is 48.5 Å². The van der Waals surface area contributed by atoms with Gasteiger partial charge in [-0.25, -0.2) is 8.78 Å². The fourth-order valence-electron chi connectivity index (χ4n) is 2.77. The molecule has 1 atom stereocenters. The maximum absolute atomic E-state index is 13.7. The first kappa shape index (κ1) is 16.1. The molecule has 0 spiro atoms. The molecule has 1 fully saturated rings. The third-order valence-corrected chi connectivity index (χ3v) is 3.96. The van der Waals surface area contributed by atoms with Crippen molar-refractivity contribution in [2.24, 2.45) is 0 Å². The van der Waals surface area contributed by atoms with Crippen molar-refractivity contribution in [2.75, 3.05) is 6.54 Å². The highest BCUT2D eigenvalue weighted by Gasteiger charge is 2.31. The number of halogens is 2. The molecule has 1 heterocycles. The Morgan fingerprint density at radius 1 is 1.12 bits per heavy atom. The molecule has 6 heteroatoms. The van der Waals surface area contributed by atoms with Crippen LogP contribution in [0.2, 0.25) is 0 Å². The summed E-state index contributed by atoms with van der Waals surface area (Å²) in [5, 5.41) is 2.60. The maximum Gasteiger partial charge on any atom is 0.254 e. The van der Waals surface area contributed by atoms with Crippen LogP contribution in [-0.4, -0.2) is 29.3 Å². The van der Waals surface area contributed by atoms with E-state index in [1.807, 2.05) is 30.3 Å². The molecular weight excluding hydrogens is 314 g/mol. The number of amides is 2. The summed E-state index contributed by atoms with van der Waals surface area (Å²) in [5.74, 6) is -3.05. The van der Waals surface area contributed by atoms with Crippen molar-refractivity contribution in [3.8, 4) is 0 Å². The Balaban J connectivity index is 1.64. The molecule has 1 aliphatic heterocycles. The predicted molar refractivity (Wildman–Crippen MR) is 84.1 cm³/mol. The van der Waals surface area contributed by atoms with Gasteiger partial charge in [0, 0.05) is 19.5 Å². The SMILES string of the molecule is O=C(NC1CC(=O)N(Cc2ccccc2)C1)c1cccc(F)c1F. The van der Waals surface area contributed by atoms with Gasteiger partial charge in [0.05, 0.1) is 11.6 Å². The van der Waals surface area contributed by atoms with Crippen molar-refractivity contribution in [1.82, 2.24) is 10.2 Å². The van der Waals surface area contributed by atoms with E-state index in [0.717, 1.165) is 11.6 Å². The molecule has 1 aliphatic rings. The number of nitrogens with one attached hydrogen (secondary N) is 1. The molecule has 0 saturated carbocycles. The Bertz CT molecular complexity index is 765. The molecule has 124 valence electrons. The molecule has 0 radical (unpaired) electrons. The molecule has 0 bridgehead atoms. The van der Waals surface area contributed by atoms with Gasteiger partial charge in [-0.15, -0.1) is 0 Å². The largest absolute Gasteiger partial charge is 0.347 e. The van der Waals surface area contributed by atoms with Gasteiger partial charge in [0.2, 0.25) is 5.91 Å². The fourth-order valence-corrected chi connectivity index (χ4v) is 2.77. The monoisotopic (exact) mass is 330 g/mol. The lowest BCUT2D eigenvalue weighted by molar-refractivity contribution is -0.128.